The molecule has 2 rings (SSSR count). The summed E-state index contributed by atoms with van der Waals surface area (Å²) in [6.45, 7) is 1.78. The van der Waals surface area contributed by atoms with Crippen LogP contribution in [0.15, 0.2) is 36.4 Å². The lowest BCUT2D eigenvalue weighted by Gasteiger charge is -2.14. The number of aryl methyl sites for hydroxylation is 1. The molecule has 23 heavy (non-hydrogen) atoms. The normalized spacial score (nSPS) is 10.0. The van der Waals surface area contributed by atoms with Gasteiger partial charge in [-0.15, -0.1) is 0 Å². The first-order valence-corrected chi connectivity index (χ1v) is 7.36. The lowest BCUT2D eigenvalue weighted by atomic mass is 10.2. The van der Waals surface area contributed by atoms with Gasteiger partial charge in [-0.1, -0.05) is 17.7 Å². The predicted molar refractivity (Wildman–Crippen MR) is 95.7 cm³/mol. The molecule has 2 aromatic carbocycles. The summed E-state index contributed by atoms with van der Waals surface area (Å²) < 4.78 is 5.21. The van der Waals surface area contributed by atoms with Crippen LogP contribution < -0.4 is 15.4 Å². The number of nitro benzene ring substituents is 1. The summed E-state index contributed by atoms with van der Waals surface area (Å²) in [5.74, 6) is 0.553. The maximum atomic E-state index is 11.1. The largest absolute Gasteiger partial charge is 0.495 e. The first-order valence-electron chi connectivity index (χ1n) is 6.57. The number of hydrogen-bond acceptors (Lipinski definition) is 4. The van der Waals surface area contributed by atoms with Gasteiger partial charge in [0, 0.05) is 11.1 Å². The third-order valence-electron chi connectivity index (χ3n) is 3.01. The van der Waals surface area contributed by atoms with E-state index in [1.54, 1.807) is 37.3 Å². The molecule has 0 amide bonds. The Kier molecular flexibility index (Phi) is 5.36. The monoisotopic (exact) mass is 351 g/mol. The first-order chi connectivity index (χ1) is 10.9. The summed E-state index contributed by atoms with van der Waals surface area (Å²) in [5, 5.41) is 17.6. The van der Waals surface area contributed by atoms with Gasteiger partial charge >= 0.3 is 0 Å². The van der Waals surface area contributed by atoms with Gasteiger partial charge in [-0.2, -0.15) is 0 Å². The highest BCUT2D eigenvalue weighted by Crippen LogP contribution is 2.29. The molecule has 0 heterocycles. The minimum atomic E-state index is -0.460. The van der Waals surface area contributed by atoms with Crippen LogP contribution in [0.5, 0.6) is 5.75 Å². The second-order valence-corrected chi connectivity index (χ2v) is 5.55. The van der Waals surface area contributed by atoms with Crippen LogP contribution in [0.1, 0.15) is 5.56 Å². The molecule has 2 N–H and O–H groups in total. The molecule has 0 saturated heterocycles. The number of nitrogens with zero attached hydrogens (tertiary/aromatic N) is 1. The SMILES string of the molecule is COc1ccc(Cl)cc1NC(=S)Nc1ccc(C)cc1[N+](=O)[O-]. The van der Waals surface area contributed by atoms with Gasteiger partial charge in [-0.05, 0) is 49.0 Å². The van der Waals surface area contributed by atoms with Crippen molar-refractivity contribution in [2.24, 2.45) is 0 Å². The van der Waals surface area contributed by atoms with Gasteiger partial charge in [0.2, 0.25) is 0 Å². The van der Waals surface area contributed by atoms with E-state index in [4.69, 9.17) is 28.6 Å². The zero-order valence-corrected chi connectivity index (χ0v) is 14.0. The van der Waals surface area contributed by atoms with Gasteiger partial charge in [0.05, 0.1) is 17.7 Å². The highest BCUT2D eigenvalue weighted by molar-refractivity contribution is 7.80. The van der Waals surface area contributed by atoms with Crippen molar-refractivity contribution in [2.45, 2.75) is 6.92 Å². The Morgan fingerprint density at radius 2 is 1.91 bits per heavy atom. The van der Waals surface area contributed by atoms with Crippen LogP contribution in [0.2, 0.25) is 5.02 Å². The highest BCUT2D eigenvalue weighted by Gasteiger charge is 2.15. The quantitative estimate of drug-likeness (QED) is 0.484. The third-order valence-corrected chi connectivity index (χ3v) is 3.45. The molecule has 120 valence electrons. The molecule has 6 nitrogen and oxygen atoms in total. The average Bonchev–Trinajstić information content (AvgIpc) is 2.49. The van der Waals surface area contributed by atoms with E-state index in [2.05, 4.69) is 10.6 Å². The molecule has 0 aromatic heterocycles. The molecule has 0 atom stereocenters. The van der Waals surface area contributed by atoms with E-state index < -0.39 is 4.92 Å². The zero-order chi connectivity index (χ0) is 17.0. The van der Waals surface area contributed by atoms with Crippen LogP contribution in [0.4, 0.5) is 17.1 Å². The van der Waals surface area contributed by atoms with E-state index >= 15 is 0 Å². The summed E-state index contributed by atoms with van der Waals surface area (Å²) >= 11 is 11.2. The van der Waals surface area contributed by atoms with Gasteiger partial charge in [0.1, 0.15) is 11.4 Å². The van der Waals surface area contributed by atoms with E-state index in [-0.39, 0.29) is 10.8 Å². The van der Waals surface area contributed by atoms with Crippen molar-refractivity contribution in [2.75, 3.05) is 17.7 Å². The van der Waals surface area contributed by atoms with Crippen LogP contribution in [-0.2, 0) is 0 Å². The van der Waals surface area contributed by atoms with E-state index in [0.29, 0.717) is 22.1 Å². The van der Waals surface area contributed by atoms with Crippen LogP contribution >= 0.6 is 23.8 Å². The van der Waals surface area contributed by atoms with Crippen LogP contribution in [0, 0.1) is 17.0 Å². The smallest absolute Gasteiger partial charge is 0.292 e. The molecule has 2 aromatic rings. The number of rotatable bonds is 4. The standard InChI is InChI=1S/C15H14ClN3O3S/c1-9-3-5-11(13(7-9)19(20)21)17-15(23)18-12-8-10(16)4-6-14(12)22-2/h3-8H,1-2H3,(H2,17,18,23). The van der Waals surface area contributed by atoms with Crippen molar-refractivity contribution in [3.63, 3.8) is 0 Å². The van der Waals surface area contributed by atoms with Crippen molar-refractivity contribution >= 4 is 46.0 Å². The fraction of sp³-hybridized carbons (Fsp3) is 0.133. The first kappa shape index (κ1) is 17.0. The van der Waals surface area contributed by atoms with E-state index in [1.807, 2.05) is 0 Å². The lowest BCUT2D eigenvalue weighted by molar-refractivity contribution is -0.383. The summed E-state index contributed by atoms with van der Waals surface area (Å²) in [6, 6.07) is 9.88. The third kappa shape index (κ3) is 4.30. The summed E-state index contributed by atoms with van der Waals surface area (Å²) in [5.41, 5.74) is 1.61. The molecule has 0 aliphatic heterocycles. The molecule has 0 saturated carbocycles. The topological polar surface area (TPSA) is 76.4 Å². The molecule has 0 radical (unpaired) electrons. The molecule has 0 aliphatic rings. The minimum absolute atomic E-state index is 0.0489. The maximum Gasteiger partial charge on any atom is 0.292 e. The Bertz CT molecular complexity index is 768. The van der Waals surface area contributed by atoms with Crippen molar-refractivity contribution in [3.8, 4) is 5.75 Å². The Labute approximate surface area is 143 Å². The molecular weight excluding hydrogens is 338 g/mol. The summed E-state index contributed by atoms with van der Waals surface area (Å²) in [7, 11) is 1.52. The number of anilines is 2. The highest BCUT2D eigenvalue weighted by atomic mass is 35.5. The number of methoxy groups -OCH3 is 1. The summed E-state index contributed by atoms with van der Waals surface area (Å²) in [6.07, 6.45) is 0. The van der Waals surface area contributed by atoms with E-state index in [9.17, 15) is 10.1 Å². The number of benzene rings is 2. The van der Waals surface area contributed by atoms with Gasteiger partial charge < -0.3 is 15.4 Å². The Morgan fingerprint density at radius 3 is 2.57 bits per heavy atom. The zero-order valence-electron chi connectivity index (χ0n) is 12.4. The van der Waals surface area contributed by atoms with E-state index in [1.165, 1.54) is 13.2 Å². The van der Waals surface area contributed by atoms with Crippen molar-refractivity contribution in [1.82, 2.24) is 0 Å². The summed E-state index contributed by atoms with van der Waals surface area (Å²) in [4.78, 5) is 10.7. The second kappa shape index (κ2) is 7.26. The fourth-order valence-electron chi connectivity index (χ4n) is 1.95. The molecular formula is C15H14ClN3O3S. The fourth-order valence-corrected chi connectivity index (χ4v) is 2.34. The number of nitro groups is 1. The number of halogens is 1. The average molecular weight is 352 g/mol. The number of nitrogens with one attached hydrogen (secondary N) is 2. The Hall–Kier alpha value is -2.38. The predicted octanol–water partition coefficient (Wildman–Crippen LogP) is 4.37. The molecule has 0 aliphatic carbocycles. The second-order valence-electron chi connectivity index (χ2n) is 4.70. The minimum Gasteiger partial charge on any atom is -0.495 e. The van der Waals surface area contributed by atoms with Gasteiger partial charge in [-0.3, -0.25) is 10.1 Å². The van der Waals surface area contributed by atoms with Crippen molar-refractivity contribution in [1.29, 1.82) is 0 Å². The van der Waals surface area contributed by atoms with Crippen molar-refractivity contribution < 1.29 is 9.66 Å². The Balaban J connectivity index is 2.21. The van der Waals surface area contributed by atoms with Crippen LogP contribution in [0.3, 0.4) is 0 Å². The molecule has 8 heteroatoms. The van der Waals surface area contributed by atoms with Crippen LogP contribution in [0.25, 0.3) is 0 Å². The molecule has 0 fully saturated rings. The van der Waals surface area contributed by atoms with E-state index in [0.717, 1.165) is 5.56 Å². The van der Waals surface area contributed by atoms with Gasteiger partial charge in [-0.25, -0.2) is 0 Å². The van der Waals surface area contributed by atoms with Gasteiger partial charge in [0.15, 0.2) is 5.11 Å². The Morgan fingerprint density at radius 1 is 1.22 bits per heavy atom. The maximum absolute atomic E-state index is 11.1. The lowest BCUT2D eigenvalue weighted by Crippen LogP contribution is -2.20. The molecule has 0 bridgehead atoms. The van der Waals surface area contributed by atoms with Crippen LogP contribution in [-0.4, -0.2) is 17.1 Å². The molecule has 0 spiro atoms. The number of ether oxygens (including phenoxy) is 1. The molecule has 0 unspecified atom stereocenters. The van der Waals surface area contributed by atoms with Gasteiger partial charge in [0.25, 0.3) is 5.69 Å². The number of thiocarbonyl (C=S) groups is 1. The van der Waals surface area contributed by atoms with Crippen molar-refractivity contribution in [3.05, 3.63) is 57.1 Å². The number of hydrogen-bond donors (Lipinski definition) is 2.